The van der Waals surface area contributed by atoms with Crippen LogP contribution in [0.5, 0.6) is 0 Å². The SMILES string of the molecule is C=CCNC(=O)c1ccc(NC)c([N+](=O)[O-])c1. The van der Waals surface area contributed by atoms with Gasteiger partial charge < -0.3 is 10.6 Å². The number of hydrogen-bond donors (Lipinski definition) is 2. The van der Waals surface area contributed by atoms with Gasteiger partial charge in [-0.25, -0.2) is 0 Å². The van der Waals surface area contributed by atoms with Gasteiger partial charge in [0.2, 0.25) is 0 Å². The molecule has 1 aromatic rings. The molecule has 0 aliphatic carbocycles. The second-order valence-electron chi connectivity index (χ2n) is 3.24. The number of amides is 1. The van der Waals surface area contributed by atoms with Crippen molar-refractivity contribution in [1.29, 1.82) is 0 Å². The number of nitrogens with one attached hydrogen (secondary N) is 2. The van der Waals surface area contributed by atoms with Crippen LogP contribution < -0.4 is 10.6 Å². The zero-order valence-electron chi connectivity index (χ0n) is 9.40. The fourth-order valence-electron chi connectivity index (χ4n) is 1.30. The first-order chi connectivity index (χ1) is 8.10. The number of anilines is 1. The molecular formula is C11H13N3O3. The van der Waals surface area contributed by atoms with Crippen LogP contribution in [0, 0.1) is 10.1 Å². The maximum atomic E-state index is 11.6. The van der Waals surface area contributed by atoms with E-state index in [1.54, 1.807) is 7.05 Å². The van der Waals surface area contributed by atoms with E-state index in [0.717, 1.165) is 0 Å². The van der Waals surface area contributed by atoms with E-state index in [0.29, 0.717) is 12.2 Å². The Morgan fingerprint density at radius 1 is 1.59 bits per heavy atom. The van der Waals surface area contributed by atoms with Crippen LogP contribution in [0.25, 0.3) is 0 Å². The number of carbonyl (C=O) groups excluding carboxylic acids is 1. The van der Waals surface area contributed by atoms with Crippen molar-refractivity contribution in [1.82, 2.24) is 5.32 Å². The zero-order valence-corrected chi connectivity index (χ0v) is 9.40. The highest BCUT2D eigenvalue weighted by molar-refractivity contribution is 5.95. The minimum Gasteiger partial charge on any atom is -0.383 e. The quantitative estimate of drug-likeness (QED) is 0.460. The molecule has 0 aliphatic heterocycles. The Labute approximate surface area is 98.5 Å². The Balaban J connectivity index is 3.03. The highest BCUT2D eigenvalue weighted by Gasteiger charge is 2.16. The summed E-state index contributed by atoms with van der Waals surface area (Å²) in [4.78, 5) is 21.8. The highest BCUT2D eigenvalue weighted by atomic mass is 16.6. The maximum absolute atomic E-state index is 11.6. The number of carbonyl (C=O) groups is 1. The predicted octanol–water partition coefficient (Wildman–Crippen LogP) is 1.55. The van der Waals surface area contributed by atoms with E-state index in [4.69, 9.17) is 0 Å². The molecule has 0 bridgehead atoms. The molecule has 0 atom stereocenters. The van der Waals surface area contributed by atoms with E-state index < -0.39 is 4.92 Å². The zero-order chi connectivity index (χ0) is 12.8. The van der Waals surface area contributed by atoms with Gasteiger partial charge in [-0.05, 0) is 12.1 Å². The lowest BCUT2D eigenvalue weighted by Gasteiger charge is -2.05. The Morgan fingerprint density at radius 2 is 2.29 bits per heavy atom. The van der Waals surface area contributed by atoms with Crippen LogP contribution in [0.1, 0.15) is 10.4 Å². The smallest absolute Gasteiger partial charge is 0.293 e. The number of nitro benzene ring substituents is 1. The monoisotopic (exact) mass is 235 g/mol. The first-order valence-electron chi connectivity index (χ1n) is 4.95. The summed E-state index contributed by atoms with van der Waals surface area (Å²) in [6, 6.07) is 4.27. The molecule has 1 rings (SSSR count). The molecular weight excluding hydrogens is 222 g/mol. The van der Waals surface area contributed by atoms with Gasteiger partial charge in [-0.15, -0.1) is 6.58 Å². The van der Waals surface area contributed by atoms with Gasteiger partial charge in [0.25, 0.3) is 11.6 Å². The Morgan fingerprint density at radius 3 is 2.82 bits per heavy atom. The maximum Gasteiger partial charge on any atom is 0.293 e. The molecule has 0 aromatic heterocycles. The second-order valence-corrected chi connectivity index (χ2v) is 3.24. The van der Waals surface area contributed by atoms with Crippen LogP contribution in [-0.2, 0) is 0 Å². The summed E-state index contributed by atoms with van der Waals surface area (Å²) in [7, 11) is 1.58. The summed E-state index contributed by atoms with van der Waals surface area (Å²) in [6.45, 7) is 3.79. The van der Waals surface area contributed by atoms with Crippen molar-refractivity contribution in [3.63, 3.8) is 0 Å². The Hall–Kier alpha value is -2.37. The first-order valence-corrected chi connectivity index (χ1v) is 4.95. The van der Waals surface area contributed by atoms with Crippen LogP contribution in [0.4, 0.5) is 11.4 Å². The van der Waals surface area contributed by atoms with Crippen molar-refractivity contribution in [3.8, 4) is 0 Å². The van der Waals surface area contributed by atoms with Gasteiger partial charge in [-0.1, -0.05) is 6.08 Å². The summed E-state index contributed by atoms with van der Waals surface area (Å²) in [5.41, 5.74) is 0.492. The summed E-state index contributed by atoms with van der Waals surface area (Å²) < 4.78 is 0. The number of hydrogen-bond acceptors (Lipinski definition) is 4. The van der Waals surface area contributed by atoms with Gasteiger partial charge >= 0.3 is 0 Å². The largest absolute Gasteiger partial charge is 0.383 e. The van der Waals surface area contributed by atoms with Crippen LogP contribution in [0.2, 0.25) is 0 Å². The average Bonchev–Trinajstić information content (AvgIpc) is 2.34. The lowest BCUT2D eigenvalue weighted by molar-refractivity contribution is -0.384. The van der Waals surface area contributed by atoms with E-state index >= 15 is 0 Å². The average molecular weight is 235 g/mol. The van der Waals surface area contributed by atoms with Gasteiger partial charge in [-0.2, -0.15) is 0 Å². The van der Waals surface area contributed by atoms with Crippen LogP contribution in [0.15, 0.2) is 30.9 Å². The molecule has 0 fully saturated rings. The number of nitrogens with zero attached hydrogens (tertiary/aromatic N) is 1. The molecule has 0 unspecified atom stereocenters. The molecule has 0 spiro atoms. The van der Waals surface area contributed by atoms with Gasteiger partial charge in [0.1, 0.15) is 5.69 Å². The molecule has 6 nitrogen and oxygen atoms in total. The molecule has 6 heteroatoms. The normalized spacial score (nSPS) is 9.47. The van der Waals surface area contributed by atoms with Crippen molar-refractivity contribution in [2.75, 3.05) is 18.9 Å². The fourth-order valence-corrected chi connectivity index (χ4v) is 1.30. The molecule has 0 radical (unpaired) electrons. The summed E-state index contributed by atoms with van der Waals surface area (Å²) in [6.07, 6.45) is 1.54. The summed E-state index contributed by atoms with van der Waals surface area (Å²) in [5.74, 6) is -0.365. The van der Waals surface area contributed by atoms with Crippen molar-refractivity contribution in [2.45, 2.75) is 0 Å². The lowest BCUT2D eigenvalue weighted by atomic mass is 10.1. The molecule has 0 saturated carbocycles. The standard InChI is InChI=1S/C11H13N3O3/c1-3-6-13-11(15)8-4-5-9(12-2)10(7-8)14(16)17/h3-5,7,12H,1,6H2,2H3,(H,13,15). The number of nitro groups is 1. The van der Waals surface area contributed by atoms with Crippen molar-refractivity contribution >= 4 is 17.3 Å². The van der Waals surface area contributed by atoms with Crippen molar-refractivity contribution < 1.29 is 9.72 Å². The molecule has 1 amide bonds. The van der Waals surface area contributed by atoms with E-state index in [2.05, 4.69) is 17.2 Å². The van der Waals surface area contributed by atoms with E-state index in [1.807, 2.05) is 0 Å². The summed E-state index contributed by atoms with van der Waals surface area (Å²) >= 11 is 0. The minimum atomic E-state index is -0.532. The van der Waals surface area contributed by atoms with Gasteiger partial charge in [0.15, 0.2) is 0 Å². The van der Waals surface area contributed by atoms with Crippen LogP contribution >= 0.6 is 0 Å². The Kier molecular flexibility index (Phi) is 4.21. The van der Waals surface area contributed by atoms with Crippen LogP contribution in [0.3, 0.4) is 0 Å². The van der Waals surface area contributed by atoms with E-state index in [-0.39, 0.29) is 17.2 Å². The minimum absolute atomic E-state index is 0.126. The van der Waals surface area contributed by atoms with Crippen molar-refractivity contribution in [2.24, 2.45) is 0 Å². The molecule has 0 saturated heterocycles. The predicted molar refractivity (Wildman–Crippen MR) is 65.2 cm³/mol. The lowest BCUT2D eigenvalue weighted by Crippen LogP contribution is -2.23. The number of benzene rings is 1. The molecule has 0 heterocycles. The molecule has 17 heavy (non-hydrogen) atoms. The second kappa shape index (κ2) is 5.64. The summed E-state index contributed by atoms with van der Waals surface area (Å²) in [5, 5.41) is 16.0. The molecule has 0 aliphatic rings. The van der Waals surface area contributed by atoms with Gasteiger partial charge in [-0.3, -0.25) is 14.9 Å². The van der Waals surface area contributed by atoms with E-state index in [1.165, 1.54) is 24.3 Å². The third kappa shape index (κ3) is 3.04. The van der Waals surface area contributed by atoms with Gasteiger partial charge in [0.05, 0.1) is 4.92 Å². The van der Waals surface area contributed by atoms with E-state index in [9.17, 15) is 14.9 Å². The highest BCUT2D eigenvalue weighted by Crippen LogP contribution is 2.24. The Bertz CT molecular complexity index is 457. The van der Waals surface area contributed by atoms with Gasteiger partial charge in [0, 0.05) is 25.2 Å². The third-order valence-corrected chi connectivity index (χ3v) is 2.13. The van der Waals surface area contributed by atoms with Crippen molar-refractivity contribution in [3.05, 3.63) is 46.5 Å². The third-order valence-electron chi connectivity index (χ3n) is 2.13. The van der Waals surface area contributed by atoms with Crippen LogP contribution in [-0.4, -0.2) is 24.4 Å². The molecule has 90 valence electrons. The first kappa shape index (κ1) is 12.7. The molecule has 1 aromatic carbocycles. The topological polar surface area (TPSA) is 84.3 Å². The molecule has 2 N–H and O–H groups in total. The number of rotatable bonds is 5. The fraction of sp³-hybridized carbons (Fsp3) is 0.182.